The summed E-state index contributed by atoms with van der Waals surface area (Å²) < 4.78 is 12.2. The lowest BCUT2D eigenvalue weighted by Gasteiger charge is -2.17. The third-order valence-corrected chi connectivity index (χ3v) is 4.47. The van der Waals surface area contributed by atoms with Crippen LogP contribution in [0.5, 0.6) is 11.5 Å². The van der Waals surface area contributed by atoms with Gasteiger partial charge >= 0.3 is 0 Å². The third kappa shape index (κ3) is 5.11. The molecule has 1 aromatic rings. The van der Waals surface area contributed by atoms with E-state index >= 15 is 0 Å². The zero-order valence-corrected chi connectivity index (χ0v) is 15.8. The number of carbonyl (C=O) groups excluding carboxylic acids is 1. The van der Waals surface area contributed by atoms with Gasteiger partial charge in [-0.05, 0) is 52.9 Å². The Kier molecular flexibility index (Phi) is 6.30. The molecule has 1 N–H and O–H groups in total. The summed E-state index contributed by atoms with van der Waals surface area (Å²) in [6.07, 6.45) is 1.24. The highest BCUT2D eigenvalue weighted by Crippen LogP contribution is 2.37. The summed E-state index contributed by atoms with van der Waals surface area (Å²) in [5.41, 5.74) is 1.13. The Bertz CT molecular complexity index is 563. The van der Waals surface area contributed by atoms with E-state index in [9.17, 15) is 4.79 Å². The molecule has 0 unspecified atom stereocenters. The van der Waals surface area contributed by atoms with Gasteiger partial charge in [0.1, 0.15) is 0 Å². The van der Waals surface area contributed by atoms with Gasteiger partial charge in [-0.25, -0.2) is 0 Å². The number of hydrogen-bond acceptors (Lipinski definition) is 4. The lowest BCUT2D eigenvalue weighted by molar-refractivity contribution is -0.130. The van der Waals surface area contributed by atoms with Gasteiger partial charge in [-0.1, -0.05) is 6.92 Å². The Labute approximate surface area is 146 Å². The maximum absolute atomic E-state index is 11.7. The smallest absolute Gasteiger partial charge is 0.259 e. The van der Waals surface area contributed by atoms with Gasteiger partial charge in [0.15, 0.2) is 18.1 Å². The molecule has 1 fully saturated rings. The Morgan fingerprint density at radius 3 is 2.65 bits per heavy atom. The van der Waals surface area contributed by atoms with Gasteiger partial charge < -0.3 is 19.7 Å². The van der Waals surface area contributed by atoms with Crippen LogP contribution in [0.3, 0.4) is 0 Å². The molecule has 23 heavy (non-hydrogen) atoms. The fraction of sp³-hybridized carbons (Fsp3) is 0.588. The highest BCUT2D eigenvalue weighted by Gasteiger charge is 2.31. The molecule has 6 heteroatoms. The maximum Gasteiger partial charge on any atom is 0.259 e. The Morgan fingerprint density at radius 1 is 1.39 bits per heavy atom. The van der Waals surface area contributed by atoms with Crippen molar-refractivity contribution in [2.45, 2.75) is 32.9 Å². The van der Waals surface area contributed by atoms with E-state index in [0.717, 1.165) is 22.5 Å². The van der Waals surface area contributed by atoms with Crippen molar-refractivity contribution < 1.29 is 14.3 Å². The van der Waals surface area contributed by atoms with Crippen molar-refractivity contribution in [3.05, 3.63) is 22.2 Å². The van der Waals surface area contributed by atoms with Crippen LogP contribution in [0.25, 0.3) is 0 Å². The summed E-state index contributed by atoms with van der Waals surface area (Å²) in [6, 6.07) is 4.61. The minimum Gasteiger partial charge on any atom is -0.490 e. The van der Waals surface area contributed by atoms with E-state index in [1.165, 1.54) is 11.3 Å². The second-order valence-electron chi connectivity index (χ2n) is 6.12. The number of nitrogens with one attached hydrogen (secondary N) is 1. The fourth-order valence-electron chi connectivity index (χ4n) is 2.24. The van der Waals surface area contributed by atoms with Crippen LogP contribution in [0.15, 0.2) is 16.6 Å². The number of halogens is 1. The second-order valence-corrected chi connectivity index (χ2v) is 6.97. The first-order valence-electron chi connectivity index (χ1n) is 7.94. The summed E-state index contributed by atoms with van der Waals surface area (Å²) in [5.74, 6) is 1.91. The molecule has 2 rings (SSSR count). The average molecular weight is 385 g/mol. The van der Waals surface area contributed by atoms with Crippen LogP contribution in [-0.2, 0) is 11.3 Å². The Morgan fingerprint density at radius 2 is 2.09 bits per heavy atom. The number of ether oxygens (including phenoxy) is 2. The molecule has 2 atom stereocenters. The molecule has 0 aliphatic heterocycles. The van der Waals surface area contributed by atoms with Crippen molar-refractivity contribution in [3.63, 3.8) is 0 Å². The normalized spacial score (nSPS) is 19.3. The maximum atomic E-state index is 11.7. The molecule has 1 aliphatic rings. The summed E-state index contributed by atoms with van der Waals surface area (Å²) in [4.78, 5) is 13.2. The van der Waals surface area contributed by atoms with Crippen LogP contribution in [0.1, 0.15) is 25.8 Å². The largest absolute Gasteiger partial charge is 0.490 e. The van der Waals surface area contributed by atoms with Gasteiger partial charge in [-0.3, -0.25) is 4.79 Å². The van der Waals surface area contributed by atoms with E-state index in [2.05, 4.69) is 28.2 Å². The highest BCUT2D eigenvalue weighted by atomic mass is 79.9. The molecule has 0 spiro atoms. The van der Waals surface area contributed by atoms with Gasteiger partial charge in [-0.15, -0.1) is 0 Å². The highest BCUT2D eigenvalue weighted by molar-refractivity contribution is 9.10. The van der Waals surface area contributed by atoms with E-state index in [-0.39, 0.29) is 12.5 Å². The molecule has 5 nitrogen and oxygen atoms in total. The molecule has 1 aromatic carbocycles. The number of amides is 1. The zero-order chi connectivity index (χ0) is 17.0. The van der Waals surface area contributed by atoms with Crippen LogP contribution in [-0.4, -0.2) is 44.2 Å². The Balaban J connectivity index is 2.08. The van der Waals surface area contributed by atoms with Crippen molar-refractivity contribution in [1.29, 1.82) is 0 Å². The minimum absolute atomic E-state index is 0.0111. The number of hydrogen-bond donors (Lipinski definition) is 1. The molecule has 128 valence electrons. The van der Waals surface area contributed by atoms with E-state index in [1.54, 1.807) is 14.1 Å². The number of benzene rings is 1. The van der Waals surface area contributed by atoms with Crippen LogP contribution < -0.4 is 14.8 Å². The summed E-state index contributed by atoms with van der Waals surface area (Å²) >= 11 is 3.53. The van der Waals surface area contributed by atoms with E-state index in [4.69, 9.17) is 9.47 Å². The predicted octanol–water partition coefficient (Wildman–Crippen LogP) is 2.81. The van der Waals surface area contributed by atoms with Crippen LogP contribution in [0.4, 0.5) is 0 Å². The fourth-order valence-corrected chi connectivity index (χ4v) is 2.85. The SMILES string of the molecule is CCOc1cc(CN[C@H]2C[C@@H]2C)cc(Br)c1OCC(=O)N(C)C. The summed E-state index contributed by atoms with van der Waals surface area (Å²) in [6.45, 7) is 5.51. The number of nitrogens with zero attached hydrogens (tertiary/aromatic N) is 1. The average Bonchev–Trinajstić information content (AvgIpc) is 3.20. The lowest BCUT2D eigenvalue weighted by Crippen LogP contribution is -2.27. The first kappa shape index (κ1) is 18.1. The second kappa shape index (κ2) is 8.02. The van der Waals surface area contributed by atoms with Crippen molar-refractivity contribution in [1.82, 2.24) is 10.2 Å². The summed E-state index contributed by atoms with van der Waals surface area (Å²) in [7, 11) is 3.41. The molecular formula is C17H25BrN2O3. The number of likely N-dealkylation sites (N-methyl/N-ethyl adjacent to an activating group) is 1. The van der Waals surface area contributed by atoms with Gasteiger partial charge in [0, 0.05) is 26.7 Å². The molecule has 0 radical (unpaired) electrons. The van der Waals surface area contributed by atoms with Crippen LogP contribution >= 0.6 is 15.9 Å². The molecular weight excluding hydrogens is 360 g/mol. The molecule has 1 amide bonds. The first-order chi connectivity index (χ1) is 10.9. The molecule has 1 aliphatic carbocycles. The minimum atomic E-state index is -0.0900. The van der Waals surface area contributed by atoms with Crippen molar-refractivity contribution in [2.75, 3.05) is 27.3 Å². The number of carbonyl (C=O) groups is 1. The van der Waals surface area contributed by atoms with Crippen molar-refractivity contribution in [2.24, 2.45) is 5.92 Å². The van der Waals surface area contributed by atoms with Gasteiger partial charge in [0.05, 0.1) is 11.1 Å². The molecule has 0 bridgehead atoms. The van der Waals surface area contributed by atoms with Crippen LogP contribution in [0, 0.1) is 5.92 Å². The molecule has 1 saturated carbocycles. The van der Waals surface area contributed by atoms with Gasteiger partial charge in [0.25, 0.3) is 5.91 Å². The van der Waals surface area contributed by atoms with Crippen molar-refractivity contribution >= 4 is 21.8 Å². The molecule has 0 saturated heterocycles. The monoisotopic (exact) mass is 384 g/mol. The standard InChI is InChI=1S/C17H25BrN2O3/c1-5-22-15-8-12(9-19-14-6-11(14)2)7-13(18)17(15)23-10-16(21)20(3)4/h7-8,11,14,19H,5-6,9-10H2,1-4H3/t11-,14-/m0/s1. The van der Waals surface area contributed by atoms with E-state index in [0.29, 0.717) is 24.1 Å². The topological polar surface area (TPSA) is 50.8 Å². The van der Waals surface area contributed by atoms with E-state index in [1.807, 2.05) is 19.1 Å². The third-order valence-electron chi connectivity index (χ3n) is 3.89. The lowest BCUT2D eigenvalue weighted by atomic mass is 10.2. The molecule has 0 heterocycles. The first-order valence-corrected chi connectivity index (χ1v) is 8.73. The van der Waals surface area contributed by atoms with E-state index < -0.39 is 0 Å². The quantitative estimate of drug-likeness (QED) is 0.748. The van der Waals surface area contributed by atoms with Gasteiger partial charge in [-0.2, -0.15) is 0 Å². The Hall–Kier alpha value is -1.27. The van der Waals surface area contributed by atoms with Crippen LogP contribution in [0.2, 0.25) is 0 Å². The van der Waals surface area contributed by atoms with Gasteiger partial charge in [0.2, 0.25) is 0 Å². The zero-order valence-electron chi connectivity index (χ0n) is 14.2. The molecule has 0 aromatic heterocycles. The summed E-state index contributed by atoms with van der Waals surface area (Å²) in [5, 5.41) is 3.53. The predicted molar refractivity (Wildman–Crippen MR) is 93.9 cm³/mol. The number of rotatable bonds is 8. The van der Waals surface area contributed by atoms with Crippen molar-refractivity contribution in [3.8, 4) is 11.5 Å².